The minimum atomic E-state index is 0.117. The van der Waals surface area contributed by atoms with Crippen LogP contribution in [0.5, 0.6) is 0 Å². The van der Waals surface area contributed by atoms with Crippen LogP contribution in [0.1, 0.15) is 48.9 Å². The summed E-state index contributed by atoms with van der Waals surface area (Å²) < 4.78 is 0. The van der Waals surface area contributed by atoms with Gasteiger partial charge in [-0.05, 0) is 56.4 Å². The molecule has 0 aromatic heterocycles. The van der Waals surface area contributed by atoms with Crippen molar-refractivity contribution in [2.24, 2.45) is 0 Å². The molecule has 3 rings (SSSR count). The molecule has 0 N–H and O–H groups in total. The van der Waals surface area contributed by atoms with E-state index in [-0.39, 0.29) is 11.8 Å². The first-order chi connectivity index (χ1) is 10.3. The molecule has 112 valence electrons. The van der Waals surface area contributed by atoms with Gasteiger partial charge in [-0.15, -0.1) is 0 Å². The van der Waals surface area contributed by atoms with E-state index < -0.39 is 0 Å². The van der Waals surface area contributed by atoms with Crippen molar-refractivity contribution in [1.82, 2.24) is 4.90 Å². The summed E-state index contributed by atoms with van der Waals surface area (Å²) in [6.45, 7) is 2.52. The highest BCUT2D eigenvalue weighted by Crippen LogP contribution is 2.22. The molecule has 1 aromatic carbocycles. The molecule has 1 aromatic rings. The summed E-state index contributed by atoms with van der Waals surface area (Å²) >= 11 is 0. The highest BCUT2D eigenvalue weighted by Gasteiger charge is 2.21. The van der Waals surface area contributed by atoms with Gasteiger partial charge in [0.1, 0.15) is 0 Å². The summed E-state index contributed by atoms with van der Waals surface area (Å²) in [5.41, 5.74) is 1.64. The molecule has 2 heterocycles. The van der Waals surface area contributed by atoms with E-state index in [0.29, 0.717) is 6.42 Å². The standard InChI is InChI=1S/C17H22N2O2/c20-16-6-2-5-13-19(16)15-9-7-14(8-10-15)17(21)18-11-3-1-4-12-18/h7-10H,1-6,11-13H2. The smallest absolute Gasteiger partial charge is 0.253 e. The van der Waals surface area contributed by atoms with E-state index >= 15 is 0 Å². The molecule has 0 atom stereocenters. The SMILES string of the molecule is O=C(c1ccc(N2CCCCC2=O)cc1)N1CCCCC1. The van der Waals surface area contributed by atoms with E-state index in [1.165, 1.54) is 6.42 Å². The van der Waals surface area contributed by atoms with Gasteiger partial charge in [-0.3, -0.25) is 9.59 Å². The Balaban J connectivity index is 1.71. The molecule has 0 aliphatic carbocycles. The van der Waals surface area contributed by atoms with Crippen molar-refractivity contribution in [3.63, 3.8) is 0 Å². The topological polar surface area (TPSA) is 40.6 Å². The van der Waals surface area contributed by atoms with Gasteiger partial charge in [0.15, 0.2) is 0 Å². The third-order valence-corrected chi connectivity index (χ3v) is 4.39. The van der Waals surface area contributed by atoms with Gasteiger partial charge < -0.3 is 9.80 Å². The number of hydrogen-bond acceptors (Lipinski definition) is 2. The van der Waals surface area contributed by atoms with E-state index in [1.807, 2.05) is 34.1 Å². The fourth-order valence-corrected chi connectivity index (χ4v) is 3.14. The number of hydrogen-bond donors (Lipinski definition) is 0. The maximum absolute atomic E-state index is 12.4. The van der Waals surface area contributed by atoms with Crippen LogP contribution in [0, 0.1) is 0 Å². The Labute approximate surface area is 125 Å². The van der Waals surface area contributed by atoms with Crippen molar-refractivity contribution in [3.05, 3.63) is 29.8 Å². The van der Waals surface area contributed by atoms with E-state index in [9.17, 15) is 9.59 Å². The molecule has 2 aliphatic rings. The maximum atomic E-state index is 12.4. The number of amides is 2. The number of likely N-dealkylation sites (tertiary alicyclic amines) is 1. The first kappa shape index (κ1) is 14.1. The Morgan fingerprint density at radius 2 is 1.52 bits per heavy atom. The Kier molecular flexibility index (Phi) is 4.23. The van der Waals surface area contributed by atoms with Gasteiger partial charge in [-0.1, -0.05) is 0 Å². The maximum Gasteiger partial charge on any atom is 0.253 e. The molecule has 2 fully saturated rings. The van der Waals surface area contributed by atoms with Gasteiger partial charge in [0, 0.05) is 37.3 Å². The second-order valence-electron chi connectivity index (χ2n) is 5.90. The van der Waals surface area contributed by atoms with Crippen molar-refractivity contribution >= 4 is 17.5 Å². The van der Waals surface area contributed by atoms with Crippen molar-refractivity contribution in [2.45, 2.75) is 38.5 Å². The van der Waals surface area contributed by atoms with Crippen molar-refractivity contribution < 1.29 is 9.59 Å². The van der Waals surface area contributed by atoms with Crippen LogP contribution in [0.2, 0.25) is 0 Å². The van der Waals surface area contributed by atoms with Crippen molar-refractivity contribution in [3.8, 4) is 0 Å². The van der Waals surface area contributed by atoms with E-state index in [1.54, 1.807) is 0 Å². The monoisotopic (exact) mass is 286 g/mol. The molecular weight excluding hydrogens is 264 g/mol. The van der Waals surface area contributed by atoms with Crippen molar-refractivity contribution in [2.75, 3.05) is 24.5 Å². The predicted molar refractivity (Wildman–Crippen MR) is 82.4 cm³/mol. The third-order valence-electron chi connectivity index (χ3n) is 4.39. The van der Waals surface area contributed by atoms with Crippen LogP contribution in [0.25, 0.3) is 0 Å². The number of rotatable bonds is 2. The Morgan fingerprint density at radius 3 is 2.19 bits per heavy atom. The lowest BCUT2D eigenvalue weighted by molar-refractivity contribution is -0.119. The quantitative estimate of drug-likeness (QED) is 0.839. The molecule has 2 aliphatic heterocycles. The molecule has 0 radical (unpaired) electrons. The lowest BCUT2D eigenvalue weighted by Gasteiger charge is -2.28. The van der Waals surface area contributed by atoms with Crippen LogP contribution in [-0.2, 0) is 4.79 Å². The van der Waals surface area contributed by atoms with Gasteiger partial charge in [-0.2, -0.15) is 0 Å². The highest BCUT2D eigenvalue weighted by molar-refractivity contribution is 5.97. The Bertz CT molecular complexity index is 518. The van der Waals surface area contributed by atoms with Crippen LogP contribution in [0.4, 0.5) is 5.69 Å². The van der Waals surface area contributed by atoms with Gasteiger partial charge in [0.25, 0.3) is 5.91 Å². The summed E-state index contributed by atoms with van der Waals surface area (Å²) in [5, 5.41) is 0. The molecule has 0 saturated carbocycles. The minimum Gasteiger partial charge on any atom is -0.339 e. The number of carbonyl (C=O) groups is 2. The molecule has 2 saturated heterocycles. The van der Waals surface area contributed by atoms with E-state index in [0.717, 1.165) is 56.6 Å². The third kappa shape index (κ3) is 3.09. The highest BCUT2D eigenvalue weighted by atomic mass is 16.2. The molecule has 21 heavy (non-hydrogen) atoms. The molecule has 2 amide bonds. The summed E-state index contributed by atoms with van der Waals surface area (Å²) in [7, 11) is 0. The lowest BCUT2D eigenvalue weighted by Crippen LogP contribution is -2.36. The summed E-state index contributed by atoms with van der Waals surface area (Å²) in [6, 6.07) is 7.52. The van der Waals surface area contributed by atoms with Crippen LogP contribution < -0.4 is 4.90 Å². The first-order valence-electron chi connectivity index (χ1n) is 7.95. The minimum absolute atomic E-state index is 0.117. The number of benzene rings is 1. The molecule has 0 bridgehead atoms. The van der Waals surface area contributed by atoms with E-state index in [4.69, 9.17) is 0 Å². The fraction of sp³-hybridized carbons (Fsp3) is 0.529. The average molecular weight is 286 g/mol. The average Bonchev–Trinajstić information content (AvgIpc) is 2.56. The van der Waals surface area contributed by atoms with Crippen LogP contribution >= 0.6 is 0 Å². The first-order valence-corrected chi connectivity index (χ1v) is 7.95. The second-order valence-corrected chi connectivity index (χ2v) is 5.90. The van der Waals surface area contributed by atoms with Gasteiger partial charge in [0.2, 0.25) is 5.91 Å². The van der Waals surface area contributed by atoms with Gasteiger partial charge >= 0.3 is 0 Å². The zero-order chi connectivity index (χ0) is 14.7. The molecule has 4 nitrogen and oxygen atoms in total. The lowest BCUT2D eigenvalue weighted by atomic mass is 10.1. The zero-order valence-corrected chi connectivity index (χ0v) is 12.4. The molecule has 4 heteroatoms. The second kappa shape index (κ2) is 6.29. The Morgan fingerprint density at radius 1 is 0.857 bits per heavy atom. The fourth-order valence-electron chi connectivity index (χ4n) is 3.14. The predicted octanol–water partition coefficient (Wildman–Crippen LogP) is 2.83. The van der Waals surface area contributed by atoms with Crippen LogP contribution in [0.15, 0.2) is 24.3 Å². The summed E-state index contributed by atoms with van der Waals surface area (Å²) in [6.07, 6.45) is 6.10. The van der Waals surface area contributed by atoms with Crippen molar-refractivity contribution in [1.29, 1.82) is 0 Å². The zero-order valence-electron chi connectivity index (χ0n) is 12.4. The molecular formula is C17H22N2O2. The summed E-state index contributed by atoms with van der Waals surface area (Å²) in [4.78, 5) is 28.1. The van der Waals surface area contributed by atoms with Gasteiger partial charge in [0.05, 0.1) is 0 Å². The number of carbonyl (C=O) groups excluding carboxylic acids is 2. The largest absolute Gasteiger partial charge is 0.339 e. The molecule has 0 unspecified atom stereocenters. The molecule has 0 spiro atoms. The van der Waals surface area contributed by atoms with Crippen LogP contribution in [-0.4, -0.2) is 36.3 Å². The van der Waals surface area contributed by atoms with Crippen LogP contribution in [0.3, 0.4) is 0 Å². The number of piperidine rings is 2. The van der Waals surface area contributed by atoms with Gasteiger partial charge in [-0.25, -0.2) is 0 Å². The van der Waals surface area contributed by atoms with E-state index in [2.05, 4.69) is 0 Å². The number of nitrogens with zero attached hydrogens (tertiary/aromatic N) is 2. The normalized spacial score (nSPS) is 19.7. The Hall–Kier alpha value is -1.84. The number of anilines is 1. The summed E-state index contributed by atoms with van der Waals surface area (Å²) in [5.74, 6) is 0.308.